The van der Waals surface area contributed by atoms with Gasteiger partial charge < -0.3 is 10.6 Å². The molecule has 0 radical (unpaired) electrons. The maximum Gasteiger partial charge on any atom is 0.221 e. The Morgan fingerprint density at radius 1 is 1.20 bits per heavy atom. The summed E-state index contributed by atoms with van der Waals surface area (Å²) in [6, 6.07) is 0.739. The monoisotopic (exact) mass is 214 g/mol. The minimum atomic E-state index is 0.103. The smallest absolute Gasteiger partial charge is 0.221 e. The van der Waals surface area contributed by atoms with Crippen LogP contribution < -0.4 is 10.6 Å². The van der Waals surface area contributed by atoms with Gasteiger partial charge in [0.15, 0.2) is 0 Å². The van der Waals surface area contributed by atoms with Crippen LogP contribution in [0.1, 0.15) is 47.0 Å². The molecule has 3 unspecified atom stereocenters. The molecule has 3 heteroatoms. The van der Waals surface area contributed by atoms with E-state index >= 15 is 0 Å². The molecular formula is C12H26N2O. The number of amides is 1. The van der Waals surface area contributed by atoms with Crippen molar-refractivity contribution in [2.24, 2.45) is 5.92 Å². The van der Waals surface area contributed by atoms with E-state index in [1.165, 1.54) is 12.8 Å². The highest BCUT2D eigenvalue weighted by molar-refractivity contribution is 5.76. The van der Waals surface area contributed by atoms with Crippen LogP contribution in [0.25, 0.3) is 0 Å². The molecular weight excluding hydrogens is 188 g/mol. The molecule has 0 aliphatic heterocycles. The zero-order valence-corrected chi connectivity index (χ0v) is 10.8. The lowest BCUT2D eigenvalue weighted by Crippen LogP contribution is -2.38. The quantitative estimate of drug-likeness (QED) is 0.680. The van der Waals surface area contributed by atoms with Crippen molar-refractivity contribution in [1.82, 2.24) is 10.6 Å². The molecule has 0 aliphatic carbocycles. The van der Waals surface area contributed by atoms with Gasteiger partial charge in [-0.25, -0.2) is 0 Å². The minimum Gasteiger partial charge on any atom is -0.359 e. The number of rotatable bonds is 7. The Morgan fingerprint density at radius 3 is 2.27 bits per heavy atom. The van der Waals surface area contributed by atoms with Crippen molar-refractivity contribution in [3.05, 3.63) is 0 Å². The molecule has 15 heavy (non-hydrogen) atoms. The van der Waals surface area contributed by atoms with Crippen molar-refractivity contribution in [3.8, 4) is 0 Å². The maximum absolute atomic E-state index is 11.1. The van der Waals surface area contributed by atoms with Crippen molar-refractivity contribution < 1.29 is 4.79 Å². The van der Waals surface area contributed by atoms with Crippen LogP contribution in [-0.4, -0.2) is 25.0 Å². The van der Waals surface area contributed by atoms with Gasteiger partial charge in [0, 0.05) is 25.6 Å². The van der Waals surface area contributed by atoms with Crippen molar-refractivity contribution >= 4 is 5.91 Å². The van der Waals surface area contributed by atoms with Crippen LogP contribution in [0, 0.1) is 5.92 Å². The molecule has 0 aromatic rings. The van der Waals surface area contributed by atoms with Gasteiger partial charge in [-0.05, 0) is 26.2 Å². The van der Waals surface area contributed by atoms with Gasteiger partial charge in [-0.2, -0.15) is 0 Å². The summed E-state index contributed by atoms with van der Waals surface area (Å²) in [4.78, 5) is 11.1. The molecule has 3 nitrogen and oxygen atoms in total. The first-order valence-electron chi connectivity index (χ1n) is 5.96. The average molecular weight is 214 g/mol. The third-order valence-corrected chi connectivity index (χ3v) is 2.79. The van der Waals surface area contributed by atoms with Crippen molar-refractivity contribution in [1.29, 1.82) is 0 Å². The Morgan fingerprint density at radius 2 is 1.80 bits per heavy atom. The Hall–Kier alpha value is -0.570. The SMILES string of the molecule is CCC(C)CC(C)NC(C)CC(=O)NC. The van der Waals surface area contributed by atoms with Gasteiger partial charge in [-0.3, -0.25) is 4.79 Å². The van der Waals surface area contributed by atoms with Crippen LogP contribution in [0.4, 0.5) is 0 Å². The molecule has 0 aromatic carbocycles. The highest BCUT2D eigenvalue weighted by Crippen LogP contribution is 2.10. The van der Waals surface area contributed by atoms with Gasteiger partial charge in [0.2, 0.25) is 5.91 Å². The zero-order valence-electron chi connectivity index (χ0n) is 10.8. The van der Waals surface area contributed by atoms with E-state index in [4.69, 9.17) is 0 Å². The van der Waals surface area contributed by atoms with Gasteiger partial charge in [0.1, 0.15) is 0 Å². The normalized spacial score (nSPS) is 16.9. The fourth-order valence-electron chi connectivity index (χ4n) is 1.76. The van der Waals surface area contributed by atoms with Crippen molar-refractivity contribution in [2.75, 3.05) is 7.05 Å². The van der Waals surface area contributed by atoms with E-state index in [0.29, 0.717) is 12.5 Å². The summed E-state index contributed by atoms with van der Waals surface area (Å²) in [5, 5.41) is 6.09. The molecule has 1 amide bonds. The van der Waals surface area contributed by atoms with Gasteiger partial charge in [-0.1, -0.05) is 20.3 Å². The number of carbonyl (C=O) groups is 1. The van der Waals surface area contributed by atoms with Crippen LogP contribution in [0.15, 0.2) is 0 Å². The van der Waals surface area contributed by atoms with Gasteiger partial charge >= 0.3 is 0 Å². The highest BCUT2D eigenvalue weighted by Gasteiger charge is 2.12. The predicted octanol–water partition coefficient (Wildman–Crippen LogP) is 1.93. The van der Waals surface area contributed by atoms with E-state index in [2.05, 4.69) is 38.3 Å². The standard InChI is InChI=1S/C12H26N2O/c1-6-9(2)7-10(3)14-11(4)8-12(15)13-5/h9-11,14H,6-8H2,1-5H3,(H,13,15). The fourth-order valence-corrected chi connectivity index (χ4v) is 1.76. The molecule has 2 N–H and O–H groups in total. The number of nitrogens with one attached hydrogen (secondary N) is 2. The van der Waals surface area contributed by atoms with Crippen LogP contribution in [0.5, 0.6) is 0 Å². The maximum atomic E-state index is 11.1. The fraction of sp³-hybridized carbons (Fsp3) is 0.917. The number of carbonyl (C=O) groups excluding carboxylic acids is 1. The summed E-state index contributed by atoms with van der Waals surface area (Å²) in [5.74, 6) is 0.852. The lowest BCUT2D eigenvalue weighted by Gasteiger charge is -2.21. The molecule has 0 fully saturated rings. The van der Waals surface area contributed by atoms with E-state index < -0.39 is 0 Å². The molecule has 0 aromatic heterocycles. The number of hydrogen-bond acceptors (Lipinski definition) is 2. The minimum absolute atomic E-state index is 0.103. The third kappa shape index (κ3) is 7.37. The van der Waals surface area contributed by atoms with E-state index in [1.807, 2.05) is 0 Å². The summed E-state index contributed by atoms with van der Waals surface area (Å²) in [6.07, 6.45) is 2.95. The second-order valence-electron chi connectivity index (χ2n) is 4.60. The summed E-state index contributed by atoms with van der Waals surface area (Å²) in [6.45, 7) is 8.72. The Bertz CT molecular complexity index is 182. The topological polar surface area (TPSA) is 41.1 Å². The first kappa shape index (κ1) is 14.4. The van der Waals surface area contributed by atoms with Crippen molar-refractivity contribution in [3.63, 3.8) is 0 Å². The van der Waals surface area contributed by atoms with E-state index in [9.17, 15) is 4.79 Å². The summed E-state index contributed by atoms with van der Waals surface area (Å²) >= 11 is 0. The highest BCUT2D eigenvalue weighted by atomic mass is 16.1. The van der Waals surface area contributed by atoms with Crippen LogP contribution in [0.2, 0.25) is 0 Å². The summed E-state index contributed by atoms with van der Waals surface area (Å²) in [7, 11) is 1.68. The molecule has 0 saturated carbocycles. The average Bonchev–Trinajstić information content (AvgIpc) is 2.16. The van der Waals surface area contributed by atoms with E-state index in [0.717, 1.165) is 5.92 Å². The summed E-state index contributed by atoms with van der Waals surface area (Å²) < 4.78 is 0. The molecule has 0 spiro atoms. The number of hydrogen-bond donors (Lipinski definition) is 2. The van der Waals surface area contributed by atoms with Gasteiger partial charge in [-0.15, -0.1) is 0 Å². The largest absolute Gasteiger partial charge is 0.359 e. The second-order valence-corrected chi connectivity index (χ2v) is 4.60. The molecule has 0 rings (SSSR count). The predicted molar refractivity (Wildman–Crippen MR) is 64.8 cm³/mol. The van der Waals surface area contributed by atoms with E-state index in [-0.39, 0.29) is 11.9 Å². The van der Waals surface area contributed by atoms with Crippen LogP contribution >= 0.6 is 0 Å². The second kappa shape index (κ2) is 7.69. The van der Waals surface area contributed by atoms with Crippen LogP contribution in [-0.2, 0) is 4.79 Å². The van der Waals surface area contributed by atoms with Crippen LogP contribution in [0.3, 0.4) is 0 Å². The van der Waals surface area contributed by atoms with Gasteiger partial charge in [0.05, 0.1) is 0 Å². The lowest BCUT2D eigenvalue weighted by atomic mass is 9.99. The Kier molecular flexibility index (Phi) is 7.39. The zero-order chi connectivity index (χ0) is 11.8. The lowest BCUT2D eigenvalue weighted by molar-refractivity contribution is -0.121. The Balaban J connectivity index is 3.75. The Labute approximate surface area is 94.0 Å². The first-order valence-corrected chi connectivity index (χ1v) is 5.96. The van der Waals surface area contributed by atoms with Crippen molar-refractivity contribution in [2.45, 2.75) is 59.0 Å². The molecule has 0 bridgehead atoms. The molecule has 90 valence electrons. The molecule has 0 heterocycles. The first-order chi connectivity index (χ1) is 6.99. The third-order valence-electron chi connectivity index (χ3n) is 2.79. The molecule has 3 atom stereocenters. The molecule has 0 saturated heterocycles. The summed E-state index contributed by atoms with van der Waals surface area (Å²) in [5.41, 5.74) is 0. The van der Waals surface area contributed by atoms with Gasteiger partial charge in [0.25, 0.3) is 0 Å². The molecule has 0 aliphatic rings. The van der Waals surface area contributed by atoms with E-state index in [1.54, 1.807) is 7.05 Å².